The number of imidazole rings is 1. The van der Waals surface area contributed by atoms with E-state index < -0.39 is 5.82 Å². The van der Waals surface area contributed by atoms with Crippen LogP contribution in [0.2, 0.25) is 5.02 Å². The molecule has 0 amide bonds. The van der Waals surface area contributed by atoms with E-state index in [1.807, 2.05) is 10.8 Å². The summed E-state index contributed by atoms with van der Waals surface area (Å²) in [6.45, 7) is 3.05. The second kappa shape index (κ2) is 5.87. The number of nitrogens with zero attached hydrogens (tertiary/aromatic N) is 2. The maximum atomic E-state index is 13.0. The fourth-order valence-electron chi connectivity index (χ4n) is 1.65. The third-order valence-electron chi connectivity index (χ3n) is 2.64. The number of nitrogens with one attached hydrogen (secondary N) is 1. The van der Waals surface area contributed by atoms with Crippen LogP contribution in [0.5, 0.6) is 0 Å². The molecule has 0 bridgehead atoms. The Bertz CT molecular complexity index is 525. The van der Waals surface area contributed by atoms with Gasteiger partial charge in [-0.2, -0.15) is 0 Å². The number of unbranched alkanes of at least 4 members (excludes halogenated alkanes) is 1. The van der Waals surface area contributed by atoms with Crippen molar-refractivity contribution < 1.29 is 4.39 Å². The van der Waals surface area contributed by atoms with E-state index in [0.29, 0.717) is 0 Å². The highest BCUT2D eigenvalue weighted by atomic mass is 35.5. The summed E-state index contributed by atoms with van der Waals surface area (Å²) in [6.07, 6.45) is 5.88. The molecule has 0 fully saturated rings. The van der Waals surface area contributed by atoms with Crippen molar-refractivity contribution in [3.63, 3.8) is 0 Å². The lowest BCUT2D eigenvalue weighted by atomic mass is 10.3. The Labute approximate surface area is 111 Å². The Morgan fingerprint density at radius 3 is 3.00 bits per heavy atom. The van der Waals surface area contributed by atoms with Gasteiger partial charge in [0.25, 0.3) is 0 Å². The molecule has 3 nitrogen and oxygen atoms in total. The highest BCUT2D eigenvalue weighted by Gasteiger charge is 2.05. The molecule has 5 heteroatoms. The molecule has 0 aliphatic carbocycles. The summed E-state index contributed by atoms with van der Waals surface area (Å²) in [4.78, 5) is 4.23. The molecule has 1 aromatic heterocycles. The standard InChI is InChI=1S/C13H15ClFN3/c1-2-3-7-18-8-6-16-13(18)17-10-4-5-12(15)11(14)9-10/h4-6,8-9H,2-3,7H2,1H3,(H,16,17). The summed E-state index contributed by atoms with van der Waals surface area (Å²) in [6, 6.07) is 4.53. The van der Waals surface area contributed by atoms with Gasteiger partial charge in [0.1, 0.15) is 5.82 Å². The summed E-state index contributed by atoms with van der Waals surface area (Å²) in [5.74, 6) is 0.322. The third kappa shape index (κ3) is 3.01. The van der Waals surface area contributed by atoms with Crippen molar-refractivity contribution in [2.24, 2.45) is 0 Å². The Hall–Kier alpha value is -1.55. The van der Waals surface area contributed by atoms with Gasteiger partial charge in [0.2, 0.25) is 5.95 Å². The zero-order valence-electron chi connectivity index (χ0n) is 10.2. The number of anilines is 2. The van der Waals surface area contributed by atoms with Crippen LogP contribution in [-0.4, -0.2) is 9.55 Å². The Kier molecular flexibility index (Phi) is 4.20. The van der Waals surface area contributed by atoms with Gasteiger partial charge < -0.3 is 9.88 Å². The van der Waals surface area contributed by atoms with Gasteiger partial charge in [-0.3, -0.25) is 0 Å². The largest absolute Gasteiger partial charge is 0.326 e. The lowest BCUT2D eigenvalue weighted by Crippen LogP contribution is -2.03. The molecule has 2 rings (SSSR count). The molecule has 0 unspecified atom stereocenters. The van der Waals surface area contributed by atoms with E-state index in [2.05, 4.69) is 17.2 Å². The van der Waals surface area contributed by atoms with Crippen LogP contribution in [0.25, 0.3) is 0 Å². The Morgan fingerprint density at radius 1 is 1.44 bits per heavy atom. The zero-order chi connectivity index (χ0) is 13.0. The molecule has 96 valence electrons. The average molecular weight is 268 g/mol. The van der Waals surface area contributed by atoms with Crippen LogP contribution in [-0.2, 0) is 6.54 Å². The first-order chi connectivity index (χ1) is 8.70. The van der Waals surface area contributed by atoms with Crippen LogP contribution in [0.3, 0.4) is 0 Å². The minimum absolute atomic E-state index is 0.103. The van der Waals surface area contributed by atoms with Crippen LogP contribution < -0.4 is 5.32 Å². The van der Waals surface area contributed by atoms with E-state index in [1.54, 1.807) is 18.3 Å². The number of benzene rings is 1. The summed E-state index contributed by atoms with van der Waals surface area (Å²) in [5, 5.41) is 3.23. The van der Waals surface area contributed by atoms with E-state index >= 15 is 0 Å². The number of aromatic nitrogens is 2. The van der Waals surface area contributed by atoms with Crippen molar-refractivity contribution in [3.05, 3.63) is 41.4 Å². The second-order valence-electron chi connectivity index (χ2n) is 4.05. The zero-order valence-corrected chi connectivity index (χ0v) is 10.9. The maximum Gasteiger partial charge on any atom is 0.207 e. The molecule has 1 aromatic carbocycles. The van der Waals surface area contributed by atoms with Crippen LogP contribution in [0, 0.1) is 5.82 Å². The van der Waals surface area contributed by atoms with Gasteiger partial charge in [-0.15, -0.1) is 0 Å². The molecular formula is C13H15ClFN3. The van der Waals surface area contributed by atoms with E-state index in [1.165, 1.54) is 6.07 Å². The van der Waals surface area contributed by atoms with Crippen molar-refractivity contribution in [2.45, 2.75) is 26.3 Å². The number of halogens is 2. The molecule has 0 radical (unpaired) electrons. The fourth-order valence-corrected chi connectivity index (χ4v) is 1.83. The monoisotopic (exact) mass is 267 g/mol. The van der Waals surface area contributed by atoms with Crippen molar-refractivity contribution in [1.82, 2.24) is 9.55 Å². The molecule has 0 aliphatic rings. The number of aryl methyl sites for hydroxylation is 1. The first kappa shape index (κ1) is 12.9. The molecule has 2 aromatic rings. The average Bonchev–Trinajstić information content (AvgIpc) is 2.79. The van der Waals surface area contributed by atoms with Gasteiger partial charge in [0, 0.05) is 24.6 Å². The number of hydrogen-bond donors (Lipinski definition) is 1. The lowest BCUT2D eigenvalue weighted by Gasteiger charge is -2.09. The maximum absolute atomic E-state index is 13.0. The molecule has 0 spiro atoms. The third-order valence-corrected chi connectivity index (χ3v) is 2.93. The molecule has 0 saturated carbocycles. The van der Waals surface area contributed by atoms with Crippen LogP contribution in [0.4, 0.5) is 16.0 Å². The number of hydrogen-bond acceptors (Lipinski definition) is 2. The van der Waals surface area contributed by atoms with Crippen LogP contribution in [0.1, 0.15) is 19.8 Å². The quantitative estimate of drug-likeness (QED) is 0.879. The van der Waals surface area contributed by atoms with E-state index in [9.17, 15) is 4.39 Å². The number of rotatable bonds is 5. The van der Waals surface area contributed by atoms with Gasteiger partial charge in [0.15, 0.2) is 0 Å². The highest BCUT2D eigenvalue weighted by Crippen LogP contribution is 2.22. The van der Waals surface area contributed by atoms with Crippen molar-refractivity contribution in [3.8, 4) is 0 Å². The SMILES string of the molecule is CCCCn1ccnc1Nc1ccc(F)c(Cl)c1. The fraction of sp³-hybridized carbons (Fsp3) is 0.308. The summed E-state index contributed by atoms with van der Waals surface area (Å²) < 4.78 is 15.1. The molecular weight excluding hydrogens is 253 g/mol. The normalized spacial score (nSPS) is 10.6. The first-order valence-electron chi connectivity index (χ1n) is 5.94. The van der Waals surface area contributed by atoms with Crippen molar-refractivity contribution >= 4 is 23.2 Å². The van der Waals surface area contributed by atoms with Gasteiger partial charge in [-0.05, 0) is 24.6 Å². The first-order valence-corrected chi connectivity index (χ1v) is 6.31. The molecule has 0 saturated heterocycles. The smallest absolute Gasteiger partial charge is 0.207 e. The van der Waals surface area contributed by atoms with Crippen LogP contribution in [0.15, 0.2) is 30.6 Å². The predicted molar refractivity (Wildman–Crippen MR) is 71.8 cm³/mol. The Balaban J connectivity index is 2.13. The molecule has 1 heterocycles. The molecule has 18 heavy (non-hydrogen) atoms. The van der Waals surface area contributed by atoms with E-state index in [0.717, 1.165) is 31.0 Å². The van der Waals surface area contributed by atoms with Crippen molar-refractivity contribution in [1.29, 1.82) is 0 Å². The van der Waals surface area contributed by atoms with Gasteiger partial charge in [-0.1, -0.05) is 24.9 Å². The van der Waals surface area contributed by atoms with E-state index in [4.69, 9.17) is 11.6 Å². The van der Waals surface area contributed by atoms with Crippen LogP contribution >= 0.6 is 11.6 Å². The summed E-state index contributed by atoms with van der Waals surface area (Å²) in [5.41, 5.74) is 0.727. The lowest BCUT2D eigenvalue weighted by molar-refractivity contribution is 0.628. The minimum atomic E-state index is -0.420. The molecule has 1 N–H and O–H groups in total. The minimum Gasteiger partial charge on any atom is -0.326 e. The van der Waals surface area contributed by atoms with Crippen molar-refractivity contribution in [2.75, 3.05) is 5.32 Å². The summed E-state index contributed by atoms with van der Waals surface area (Å²) >= 11 is 5.74. The van der Waals surface area contributed by atoms with Gasteiger partial charge in [-0.25, -0.2) is 9.37 Å². The topological polar surface area (TPSA) is 29.9 Å². The Morgan fingerprint density at radius 2 is 2.28 bits per heavy atom. The van der Waals surface area contributed by atoms with E-state index in [-0.39, 0.29) is 5.02 Å². The predicted octanol–water partition coefficient (Wildman–Crippen LogP) is 4.22. The molecule has 0 atom stereocenters. The molecule has 0 aliphatic heterocycles. The van der Waals surface area contributed by atoms with Gasteiger partial charge >= 0.3 is 0 Å². The van der Waals surface area contributed by atoms with Gasteiger partial charge in [0.05, 0.1) is 5.02 Å². The summed E-state index contributed by atoms with van der Waals surface area (Å²) in [7, 11) is 0. The highest BCUT2D eigenvalue weighted by molar-refractivity contribution is 6.31. The second-order valence-corrected chi connectivity index (χ2v) is 4.46.